The van der Waals surface area contributed by atoms with E-state index in [4.69, 9.17) is 4.74 Å². The van der Waals surface area contributed by atoms with Crippen molar-refractivity contribution in [2.24, 2.45) is 0 Å². The summed E-state index contributed by atoms with van der Waals surface area (Å²) in [6.45, 7) is 2.60. The van der Waals surface area contributed by atoms with E-state index >= 15 is 0 Å². The molecule has 1 unspecified atom stereocenters. The van der Waals surface area contributed by atoms with Crippen molar-refractivity contribution in [2.45, 2.75) is 51.6 Å². The Morgan fingerprint density at radius 3 is 2.50 bits per heavy atom. The van der Waals surface area contributed by atoms with Gasteiger partial charge in [-0.05, 0) is 66.5 Å². The van der Waals surface area contributed by atoms with Gasteiger partial charge < -0.3 is 15.4 Å². The first kappa shape index (κ1) is 18.3. The van der Waals surface area contributed by atoms with Crippen molar-refractivity contribution in [2.75, 3.05) is 7.11 Å². The Bertz CT molecular complexity index is 740. The molecular weight excluding hydrogens is 324 g/mol. The van der Waals surface area contributed by atoms with Crippen LogP contribution in [0.1, 0.15) is 54.5 Å². The molecule has 0 radical (unpaired) electrons. The number of hydrogen-bond donors (Lipinski definition) is 2. The third-order valence-corrected chi connectivity index (χ3v) is 5.10. The molecule has 0 bridgehead atoms. The van der Waals surface area contributed by atoms with Gasteiger partial charge in [-0.3, -0.25) is 0 Å². The zero-order valence-corrected chi connectivity index (χ0v) is 15.7. The number of nitrogens with one attached hydrogen (secondary N) is 2. The normalized spacial score (nSPS) is 14.2. The van der Waals surface area contributed by atoms with Crippen LogP contribution in [0.5, 0.6) is 5.75 Å². The average molecular weight is 352 g/mol. The molecule has 0 heterocycles. The second kappa shape index (κ2) is 8.75. The molecule has 0 aliphatic heterocycles. The van der Waals surface area contributed by atoms with Crippen molar-refractivity contribution in [1.29, 1.82) is 0 Å². The number of carbonyl (C=O) groups excluding carboxylic acids is 1. The first-order chi connectivity index (χ1) is 12.7. The summed E-state index contributed by atoms with van der Waals surface area (Å²) in [6.07, 6.45) is 5.76. The first-order valence-electron chi connectivity index (χ1n) is 9.48. The number of ether oxygens (including phenoxy) is 1. The van der Waals surface area contributed by atoms with Crippen LogP contribution in [0.2, 0.25) is 0 Å². The van der Waals surface area contributed by atoms with Gasteiger partial charge in [0.15, 0.2) is 0 Å². The second-order valence-corrected chi connectivity index (χ2v) is 6.87. The molecule has 1 aliphatic carbocycles. The maximum Gasteiger partial charge on any atom is 0.315 e. The van der Waals surface area contributed by atoms with Crippen LogP contribution in [0.15, 0.2) is 42.5 Å². The standard InChI is InChI=1S/C22H28N2O2/c1-3-21(19-11-10-17-6-4-5-7-18(17)14-19)24-22(25)23-15-16-8-12-20(26-2)13-9-16/h8-14,21H,3-7,15H2,1-2H3,(H2,23,24,25). The van der Waals surface area contributed by atoms with Crippen LogP contribution in [-0.4, -0.2) is 13.1 Å². The monoisotopic (exact) mass is 352 g/mol. The van der Waals surface area contributed by atoms with Gasteiger partial charge in [-0.15, -0.1) is 0 Å². The molecule has 0 spiro atoms. The summed E-state index contributed by atoms with van der Waals surface area (Å²) in [4.78, 5) is 12.3. The minimum Gasteiger partial charge on any atom is -0.497 e. The summed E-state index contributed by atoms with van der Waals surface area (Å²) in [7, 11) is 1.65. The molecule has 0 aromatic heterocycles. The first-order valence-corrected chi connectivity index (χ1v) is 9.48. The third kappa shape index (κ3) is 4.57. The van der Waals surface area contributed by atoms with Gasteiger partial charge in [0, 0.05) is 6.54 Å². The number of benzene rings is 2. The van der Waals surface area contributed by atoms with Gasteiger partial charge in [-0.25, -0.2) is 4.79 Å². The van der Waals surface area contributed by atoms with Crippen molar-refractivity contribution in [3.05, 3.63) is 64.7 Å². The van der Waals surface area contributed by atoms with Crippen LogP contribution in [0.3, 0.4) is 0 Å². The topological polar surface area (TPSA) is 50.4 Å². The van der Waals surface area contributed by atoms with Crippen LogP contribution in [0.4, 0.5) is 4.79 Å². The van der Waals surface area contributed by atoms with Crippen LogP contribution in [0, 0.1) is 0 Å². The fraction of sp³-hybridized carbons (Fsp3) is 0.409. The Morgan fingerprint density at radius 2 is 1.81 bits per heavy atom. The number of aryl methyl sites for hydroxylation is 2. The summed E-state index contributed by atoms with van der Waals surface area (Å²) < 4.78 is 5.15. The Hall–Kier alpha value is -2.49. The van der Waals surface area contributed by atoms with E-state index < -0.39 is 0 Å². The second-order valence-electron chi connectivity index (χ2n) is 6.87. The summed E-state index contributed by atoms with van der Waals surface area (Å²) in [5, 5.41) is 6.05. The lowest BCUT2D eigenvalue weighted by Gasteiger charge is -2.22. The number of fused-ring (bicyclic) bond motifs is 1. The lowest BCUT2D eigenvalue weighted by Crippen LogP contribution is -2.37. The molecule has 1 atom stereocenters. The summed E-state index contributed by atoms with van der Waals surface area (Å²) in [5.41, 5.74) is 5.17. The van der Waals surface area contributed by atoms with Gasteiger partial charge in [0.2, 0.25) is 0 Å². The summed E-state index contributed by atoms with van der Waals surface area (Å²) in [5.74, 6) is 0.816. The predicted octanol–water partition coefficient (Wildman–Crippen LogP) is 4.52. The maximum absolute atomic E-state index is 12.3. The largest absolute Gasteiger partial charge is 0.497 e. The Kier molecular flexibility index (Phi) is 6.16. The number of hydrogen-bond acceptors (Lipinski definition) is 2. The van der Waals surface area contributed by atoms with Crippen LogP contribution >= 0.6 is 0 Å². The molecule has 4 heteroatoms. The highest BCUT2D eigenvalue weighted by Crippen LogP contribution is 2.26. The van der Waals surface area contributed by atoms with Crippen molar-refractivity contribution in [3.63, 3.8) is 0 Å². The predicted molar refractivity (Wildman–Crippen MR) is 104 cm³/mol. The van der Waals surface area contributed by atoms with E-state index in [1.807, 2.05) is 24.3 Å². The highest BCUT2D eigenvalue weighted by Gasteiger charge is 2.16. The van der Waals surface area contributed by atoms with E-state index in [0.717, 1.165) is 24.2 Å². The third-order valence-electron chi connectivity index (χ3n) is 5.10. The lowest BCUT2D eigenvalue weighted by molar-refractivity contribution is 0.236. The van der Waals surface area contributed by atoms with Crippen molar-refractivity contribution < 1.29 is 9.53 Å². The lowest BCUT2D eigenvalue weighted by atomic mass is 9.89. The van der Waals surface area contributed by atoms with Crippen molar-refractivity contribution >= 4 is 6.03 Å². The van der Waals surface area contributed by atoms with Crippen LogP contribution in [0.25, 0.3) is 0 Å². The van der Waals surface area contributed by atoms with Crippen molar-refractivity contribution in [3.8, 4) is 5.75 Å². The number of amides is 2. The van der Waals surface area contributed by atoms with Crippen LogP contribution < -0.4 is 15.4 Å². The zero-order chi connectivity index (χ0) is 18.4. The molecule has 2 aromatic carbocycles. The number of carbonyl (C=O) groups is 1. The van der Waals surface area contributed by atoms with E-state index in [2.05, 4.69) is 35.8 Å². The van der Waals surface area contributed by atoms with E-state index in [-0.39, 0.29) is 12.1 Å². The molecule has 26 heavy (non-hydrogen) atoms. The summed E-state index contributed by atoms with van der Waals surface area (Å²) in [6, 6.07) is 14.3. The molecule has 2 N–H and O–H groups in total. The van der Waals surface area contributed by atoms with Gasteiger partial charge in [0.05, 0.1) is 13.2 Å². The molecule has 4 nitrogen and oxygen atoms in total. The van der Waals surface area contributed by atoms with E-state index in [1.165, 1.54) is 36.0 Å². The molecule has 0 saturated carbocycles. The number of rotatable bonds is 6. The van der Waals surface area contributed by atoms with Gasteiger partial charge in [-0.1, -0.05) is 37.3 Å². The Balaban J connectivity index is 1.57. The van der Waals surface area contributed by atoms with Crippen molar-refractivity contribution in [1.82, 2.24) is 10.6 Å². The molecule has 3 rings (SSSR count). The SMILES string of the molecule is CCC(NC(=O)NCc1ccc(OC)cc1)c1ccc2c(c1)CCCC2. The van der Waals surface area contributed by atoms with E-state index in [9.17, 15) is 4.79 Å². The van der Waals surface area contributed by atoms with Gasteiger partial charge in [0.1, 0.15) is 5.75 Å². The van der Waals surface area contributed by atoms with Gasteiger partial charge >= 0.3 is 6.03 Å². The molecular formula is C22H28N2O2. The maximum atomic E-state index is 12.3. The molecule has 2 amide bonds. The highest BCUT2D eigenvalue weighted by atomic mass is 16.5. The molecule has 0 saturated heterocycles. The van der Waals surface area contributed by atoms with Gasteiger partial charge in [-0.2, -0.15) is 0 Å². The minimum atomic E-state index is -0.134. The average Bonchev–Trinajstić information content (AvgIpc) is 2.70. The summed E-state index contributed by atoms with van der Waals surface area (Å²) >= 11 is 0. The van der Waals surface area contributed by atoms with Crippen LogP contribution in [-0.2, 0) is 19.4 Å². The Morgan fingerprint density at radius 1 is 1.08 bits per heavy atom. The highest BCUT2D eigenvalue weighted by molar-refractivity contribution is 5.74. The Labute approximate surface area is 156 Å². The number of urea groups is 1. The van der Waals surface area contributed by atoms with Gasteiger partial charge in [0.25, 0.3) is 0 Å². The minimum absolute atomic E-state index is 0.0399. The molecule has 2 aromatic rings. The quantitative estimate of drug-likeness (QED) is 0.803. The molecule has 138 valence electrons. The molecule has 0 fully saturated rings. The fourth-order valence-corrected chi connectivity index (χ4v) is 3.53. The zero-order valence-electron chi connectivity index (χ0n) is 15.7. The fourth-order valence-electron chi connectivity index (χ4n) is 3.53. The van der Waals surface area contributed by atoms with E-state index in [0.29, 0.717) is 6.54 Å². The number of methoxy groups -OCH3 is 1. The molecule has 1 aliphatic rings. The smallest absolute Gasteiger partial charge is 0.315 e. The van der Waals surface area contributed by atoms with E-state index in [1.54, 1.807) is 7.11 Å².